The summed E-state index contributed by atoms with van der Waals surface area (Å²) in [5, 5.41) is 8.97. The zero-order chi connectivity index (χ0) is 15.1. The summed E-state index contributed by atoms with van der Waals surface area (Å²) >= 11 is 0. The maximum atomic E-state index is 12.3. The van der Waals surface area contributed by atoms with E-state index in [4.69, 9.17) is 5.11 Å². The van der Waals surface area contributed by atoms with Crippen molar-refractivity contribution in [2.75, 3.05) is 31.1 Å². The lowest BCUT2D eigenvalue weighted by Crippen LogP contribution is -2.33. The van der Waals surface area contributed by atoms with E-state index in [1.54, 1.807) is 4.90 Å². The molecule has 112 valence electrons. The molecule has 1 rings (SSSR count). The first-order chi connectivity index (χ1) is 9.54. The molecule has 1 amide bonds. The number of carbonyl (C=O) groups is 1. The zero-order valence-corrected chi connectivity index (χ0v) is 13.0. The van der Waals surface area contributed by atoms with Crippen LogP contribution in [0.1, 0.15) is 38.1 Å². The first kappa shape index (κ1) is 16.5. The summed E-state index contributed by atoms with van der Waals surface area (Å²) in [7, 11) is 0. The lowest BCUT2D eigenvalue weighted by atomic mass is 10.1. The Morgan fingerprint density at radius 1 is 1.15 bits per heavy atom. The van der Waals surface area contributed by atoms with E-state index in [1.807, 2.05) is 31.2 Å². The number of nitrogens with zero attached hydrogens (tertiary/aromatic N) is 2. The smallest absolute Gasteiger partial charge is 0.253 e. The van der Waals surface area contributed by atoms with Crippen LogP contribution in [0.5, 0.6) is 0 Å². The van der Waals surface area contributed by atoms with Crippen LogP contribution < -0.4 is 4.90 Å². The standard InChI is InChI=1S/C16H26N2O2/c1-5-17(11-12-19)16(20)14-7-9-15(10-8-14)18(6-2)13(3)4/h7-10,13,19H,5-6,11-12H2,1-4H3. The first-order valence-electron chi connectivity index (χ1n) is 7.31. The molecule has 0 aromatic heterocycles. The van der Waals surface area contributed by atoms with Crippen molar-refractivity contribution in [3.63, 3.8) is 0 Å². The molecule has 0 aliphatic heterocycles. The molecule has 0 saturated heterocycles. The lowest BCUT2D eigenvalue weighted by molar-refractivity contribution is 0.0732. The Balaban J connectivity index is 2.87. The van der Waals surface area contributed by atoms with Crippen molar-refractivity contribution in [2.45, 2.75) is 33.7 Å². The Labute approximate surface area is 122 Å². The number of rotatable bonds is 7. The minimum absolute atomic E-state index is 0.00533. The SMILES string of the molecule is CCN(CCO)C(=O)c1ccc(N(CC)C(C)C)cc1. The Bertz CT molecular complexity index is 415. The van der Waals surface area contributed by atoms with Gasteiger partial charge in [-0.2, -0.15) is 0 Å². The molecule has 4 nitrogen and oxygen atoms in total. The van der Waals surface area contributed by atoms with Gasteiger partial charge in [0.1, 0.15) is 0 Å². The second kappa shape index (κ2) is 7.90. The number of amides is 1. The summed E-state index contributed by atoms with van der Waals surface area (Å²) in [6, 6.07) is 8.14. The van der Waals surface area contributed by atoms with Crippen molar-refractivity contribution < 1.29 is 9.90 Å². The molecular formula is C16H26N2O2. The van der Waals surface area contributed by atoms with Crippen molar-refractivity contribution in [1.29, 1.82) is 0 Å². The molecule has 0 aliphatic rings. The van der Waals surface area contributed by atoms with Crippen LogP contribution in [0.3, 0.4) is 0 Å². The van der Waals surface area contributed by atoms with E-state index in [-0.39, 0.29) is 12.5 Å². The Hall–Kier alpha value is -1.55. The summed E-state index contributed by atoms with van der Waals surface area (Å²) in [6.07, 6.45) is 0. The molecule has 4 heteroatoms. The van der Waals surface area contributed by atoms with E-state index < -0.39 is 0 Å². The Kier molecular flexibility index (Phi) is 6.52. The van der Waals surface area contributed by atoms with Gasteiger partial charge in [0.2, 0.25) is 0 Å². The van der Waals surface area contributed by atoms with E-state index in [1.165, 1.54) is 0 Å². The molecule has 0 unspecified atom stereocenters. The molecule has 0 saturated carbocycles. The van der Waals surface area contributed by atoms with Gasteiger partial charge in [-0.1, -0.05) is 0 Å². The number of carbonyl (C=O) groups excluding carboxylic acids is 1. The van der Waals surface area contributed by atoms with Gasteiger partial charge in [0.15, 0.2) is 0 Å². The summed E-state index contributed by atoms with van der Waals surface area (Å²) in [6.45, 7) is 10.3. The fourth-order valence-electron chi connectivity index (χ4n) is 2.35. The predicted octanol–water partition coefficient (Wildman–Crippen LogP) is 2.38. The van der Waals surface area contributed by atoms with Crippen molar-refractivity contribution in [1.82, 2.24) is 4.90 Å². The van der Waals surface area contributed by atoms with Gasteiger partial charge < -0.3 is 14.9 Å². The van der Waals surface area contributed by atoms with Gasteiger partial charge in [0.05, 0.1) is 6.61 Å². The number of aliphatic hydroxyl groups excluding tert-OH is 1. The van der Waals surface area contributed by atoms with E-state index in [0.29, 0.717) is 24.7 Å². The Morgan fingerprint density at radius 3 is 2.15 bits per heavy atom. The second-order valence-electron chi connectivity index (χ2n) is 5.04. The van der Waals surface area contributed by atoms with E-state index >= 15 is 0 Å². The van der Waals surface area contributed by atoms with E-state index in [0.717, 1.165) is 12.2 Å². The lowest BCUT2D eigenvalue weighted by Gasteiger charge is -2.28. The van der Waals surface area contributed by atoms with Gasteiger partial charge in [-0.15, -0.1) is 0 Å². The van der Waals surface area contributed by atoms with Crippen molar-refractivity contribution in [2.24, 2.45) is 0 Å². The molecule has 20 heavy (non-hydrogen) atoms. The van der Waals surface area contributed by atoms with Crippen LogP contribution in [-0.4, -0.2) is 48.2 Å². The average Bonchev–Trinajstić information content (AvgIpc) is 2.45. The highest BCUT2D eigenvalue weighted by molar-refractivity contribution is 5.94. The summed E-state index contributed by atoms with van der Waals surface area (Å²) < 4.78 is 0. The third-order valence-corrected chi connectivity index (χ3v) is 3.45. The number of likely N-dealkylation sites (N-methyl/N-ethyl adjacent to an activating group) is 1. The molecule has 1 N–H and O–H groups in total. The number of aliphatic hydroxyl groups is 1. The molecular weight excluding hydrogens is 252 g/mol. The quantitative estimate of drug-likeness (QED) is 0.833. The highest BCUT2D eigenvalue weighted by Gasteiger charge is 2.14. The minimum atomic E-state index is -0.0271. The van der Waals surface area contributed by atoms with Crippen molar-refractivity contribution in [3.8, 4) is 0 Å². The molecule has 0 aliphatic carbocycles. The normalized spacial score (nSPS) is 10.7. The molecule has 1 aromatic carbocycles. The second-order valence-corrected chi connectivity index (χ2v) is 5.04. The summed E-state index contributed by atoms with van der Waals surface area (Å²) in [5.74, 6) is -0.0271. The fourth-order valence-corrected chi connectivity index (χ4v) is 2.35. The van der Waals surface area contributed by atoms with Gasteiger partial charge in [-0.25, -0.2) is 0 Å². The monoisotopic (exact) mass is 278 g/mol. The molecule has 0 fully saturated rings. The average molecular weight is 278 g/mol. The molecule has 0 bridgehead atoms. The van der Waals surface area contributed by atoms with Crippen LogP contribution in [0.15, 0.2) is 24.3 Å². The highest BCUT2D eigenvalue weighted by Crippen LogP contribution is 2.18. The topological polar surface area (TPSA) is 43.8 Å². The maximum Gasteiger partial charge on any atom is 0.253 e. The Morgan fingerprint density at radius 2 is 1.75 bits per heavy atom. The third-order valence-electron chi connectivity index (χ3n) is 3.45. The van der Waals surface area contributed by atoms with Crippen molar-refractivity contribution in [3.05, 3.63) is 29.8 Å². The molecule has 1 aromatic rings. The summed E-state index contributed by atoms with van der Waals surface area (Å²) in [5.41, 5.74) is 1.80. The predicted molar refractivity (Wildman–Crippen MR) is 83.3 cm³/mol. The van der Waals surface area contributed by atoms with Gasteiger partial charge >= 0.3 is 0 Å². The zero-order valence-electron chi connectivity index (χ0n) is 13.0. The number of hydrogen-bond acceptors (Lipinski definition) is 3. The third kappa shape index (κ3) is 3.97. The first-order valence-corrected chi connectivity index (χ1v) is 7.31. The fraction of sp³-hybridized carbons (Fsp3) is 0.562. The number of anilines is 1. The largest absolute Gasteiger partial charge is 0.395 e. The van der Waals surface area contributed by atoms with Gasteiger partial charge in [0.25, 0.3) is 5.91 Å². The molecule has 0 heterocycles. The molecule has 0 atom stereocenters. The summed E-state index contributed by atoms with van der Waals surface area (Å²) in [4.78, 5) is 16.2. The van der Waals surface area contributed by atoms with Gasteiger partial charge in [-0.3, -0.25) is 4.79 Å². The van der Waals surface area contributed by atoms with Crippen LogP contribution in [-0.2, 0) is 0 Å². The molecule has 0 radical (unpaired) electrons. The molecule has 0 spiro atoms. The number of hydrogen-bond donors (Lipinski definition) is 1. The van der Waals surface area contributed by atoms with Crippen LogP contribution >= 0.6 is 0 Å². The van der Waals surface area contributed by atoms with E-state index in [2.05, 4.69) is 25.7 Å². The van der Waals surface area contributed by atoms with Crippen LogP contribution in [0, 0.1) is 0 Å². The van der Waals surface area contributed by atoms with E-state index in [9.17, 15) is 4.79 Å². The van der Waals surface area contributed by atoms with Gasteiger partial charge in [0, 0.05) is 36.9 Å². The number of benzene rings is 1. The maximum absolute atomic E-state index is 12.3. The van der Waals surface area contributed by atoms with Crippen LogP contribution in [0.4, 0.5) is 5.69 Å². The van der Waals surface area contributed by atoms with Crippen molar-refractivity contribution >= 4 is 11.6 Å². The highest BCUT2D eigenvalue weighted by atomic mass is 16.3. The minimum Gasteiger partial charge on any atom is -0.395 e. The van der Waals surface area contributed by atoms with Crippen LogP contribution in [0.25, 0.3) is 0 Å². The van der Waals surface area contributed by atoms with Crippen LogP contribution in [0.2, 0.25) is 0 Å². The van der Waals surface area contributed by atoms with Gasteiger partial charge in [-0.05, 0) is 52.0 Å².